The summed E-state index contributed by atoms with van der Waals surface area (Å²) in [6, 6.07) is 0. The molecule has 2 aromatic heterocycles. The van der Waals surface area contributed by atoms with Gasteiger partial charge in [-0.15, -0.1) is 11.3 Å². The van der Waals surface area contributed by atoms with E-state index in [1.54, 1.807) is 32.7 Å². The molecule has 0 spiro atoms. The summed E-state index contributed by atoms with van der Waals surface area (Å²) in [6.45, 7) is 7.89. The minimum Gasteiger partial charge on any atom is -0.459 e. The van der Waals surface area contributed by atoms with Crippen molar-refractivity contribution in [1.29, 1.82) is 0 Å². The third-order valence-corrected chi connectivity index (χ3v) is 5.20. The lowest BCUT2D eigenvalue weighted by Gasteiger charge is -2.17. The summed E-state index contributed by atoms with van der Waals surface area (Å²) in [5.74, 6) is -0.601. The zero-order chi connectivity index (χ0) is 19.4. The highest BCUT2D eigenvalue weighted by molar-refractivity contribution is 7.20. The van der Waals surface area contributed by atoms with Crippen LogP contribution in [0.15, 0.2) is 11.1 Å². The molecular weight excluding hydrogens is 354 g/mol. The van der Waals surface area contributed by atoms with Crippen LogP contribution in [0.25, 0.3) is 10.2 Å². The normalized spacial score (nSPS) is 11.2. The van der Waals surface area contributed by atoms with Crippen molar-refractivity contribution in [1.82, 2.24) is 14.5 Å². The Labute approximate surface area is 156 Å². The number of amides is 1. The van der Waals surface area contributed by atoms with Crippen LogP contribution >= 0.6 is 11.3 Å². The summed E-state index contributed by atoms with van der Waals surface area (Å²) in [7, 11) is 1.73. The van der Waals surface area contributed by atoms with Crippen LogP contribution in [0.5, 0.6) is 0 Å². The van der Waals surface area contributed by atoms with Crippen molar-refractivity contribution < 1.29 is 14.3 Å². The van der Waals surface area contributed by atoms with Gasteiger partial charge in [0.25, 0.3) is 5.56 Å². The fourth-order valence-corrected chi connectivity index (χ4v) is 3.54. The summed E-state index contributed by atoms with van der Waals surface area (Å²) in [5.41, 5.74) is 0.235. The van der Waals surface area contributed by atoms with Crippen molar-refractivity contribution >= 4 is 33.4 Å². The third kappa shape index (κ3) is 4.30. The van der Waals surface area contributed by atoms with Crippen LogP contribution < -0.4 is 5.56 Å². The minimum atomic E-state index is -0.457. The second-order valence-corrected chi connectivity index (χ2v) is 7.54. The smallest absolute Gasteiger partial charge is 0.348 e. The molecule has 0 bridgehead atoms. The molecule has 0 aliphatic heterocycles. The molecule has 1 amide bonds. The van der Waals surface area contributed by atoms with Gasteiger partial charge in [-0.25, -0.2) is 9.78 Å². The van der Waals surface area contributed by atoms with Gasteiger partial charge in [0.2, 0.25) is 5.91 Å². The van der Waals surface area contributed by atoms with Crippen molar-refractivity contribution in [2.24, 2.45) is 0 Å². The van der Waals surface area contributed by atoms with E-state index in [-0.39, 0.29) is 24.1 Å². The molecule has 0 saturated carbocycles. The monoisotopic (exact) mass is 379 g/mol. The van der Waals surface area contributed by atoms with Gasteiger partial charge in [-0.1, -0.05) is 13.3 Å². The van der Waals surface area contributed by atoms with Gasteiger partial charge < -0.3 is 9.64 Å². The predicted octanol–water partition coefficient (Wildman–Crippen LogP) is 2.59. The fraction of sp³-hybridized carbons (Fsp3) is 0.556. The third-order valence-electron chi connectivity index (χ3n) is 4.02. The van der Waals surface area contributed by atoms with Gasteiger partial charge in [0.15, 0.2) is 0 Å². The highest BCUT2D eigenvalue weighted by atomic mass is 32.1. The first-order valence-corrected chi connectivity index (χ1v) is 9.51. The van der Waals surface area contributed by atoms with Crippen molar-refractivity contribution in [3.8, 4) is 0 Å². The van der Waals surface area contributed by atoms with Gasteiger partial charge in [-0.2, -0.15) is 0 Å². The van der Waals surface area contributed by atoms with Gasteiger partial charge in [0, 0.05) is 13.6 Å². The first kappa shape index (κ1) is 20.1. The summed E-state index contributed by atoms with van der Waals surface area (Å²) >= 11 is 1.14. The molecule has 2 heterocycles. The highest BCUT2D eigenvalue weighted by Crippen LogP contribution is 2.27. The van der Waals surface area contributed by atoms with E-state index >= 15 is 0 Å². The van der Waals surface area contributed by atoms with E-state index in [9.17, 15) is 14.4 Å². The highest BCUT2D eigenvalue weighted by Gasteiger charge is 2.22. The Morgan fingerprint density at radius 2 is 2.08 bits per heavy atom. The van der Waals surface area contributed by atoms with Crippen molar-refractivity contribution in [3.05, 3.63) is 27.1 Å². The molecule has 0 aliphatic rings. The number of esters is 1. The number of ether oxygens (including phenoxy) is 1. The molecule has 0 aromatic carbocycles. The molecule has 0 aliphatic carbocycles. The molecule has 26 heavy (non-hydrogen) atoms. The van der Waals surface area contributed by atoms with E-state index in [1.165, 1.54) is 10.9 Å². The fourth-order valence-electron chi connectivity index (χ4n) is 2.52. The molecule has 7 nitrogen and oxygen atoms in total. The molecule has 0 N–H and O–H groups in total. The van der Waals surface area contributed by atoms with E-state index in [1.807, 2.05) is 0 Å². The standard InChI is InChI=1S/C18H25N3O4S/c1-6-7-8-20(5)13(22)9-21-10-19-16-14(17(21)23)12(4)15(26-16)18(24)25-11(2)3/h10-11H,6-9H2,1-5H3. The average Bonchev–Trinajstić information content (AvgIpc) is 2.92. The van der Waals surface area contributed by atoms with Crippen LogP contribution in [0.1, 0.15) is 48.8 Å². The number of hydrogen-bond acceptors (Lipinski definition) is 6. The number of hydrogen-bond donors (Lipinski definition) is 0. The van der Waals surface area contributed by atoms with Crippen molar-refractivity contribution in [2.45, 2.75) is 53.2 Å². The molecule has 0 unspecified atom stereocenters. The largest absolute Gasteiger partial charge is 0.459 e. The lowest BCUT2D eigenvalue weighted by atomic mass is 10.2. The first-order chi connectivity index (χ1) is 12.3. The van der Waals surface area contributed by atoms with Crippen LogP contribution in [-0.2, 0) is 16.1 Å². The maximum atomic E-state index is 12.8. The minimum absolute atomic E-state index is 0.0664. The Kier molecular flexibility index (Phi) is 6.52. The number of thiophene rings is 1. The summed E-state index contributed by atoms with van der Waals surface area (Å²) in [6.07, 6.45) is 3.03. The summed E-state index contributed by atoms with van der Waals surface area (Å²) in [4.78, 5) is 44.0. The van der Waals surface area contributed by atoms with Gasteiger partial charge >= 0.3 is 5.97 Å². The molecule has 0 fully saturated rings. The SMILES string of the molecule is CCCCN(C)C(=O)Cn1cnc2sc(C(=O)OC(C)C)c(C)c2c1=O. The van der Waals surface area contributed by atoms with Gasteiger partial charge in [0.1, 0.15) is 16.3 Å². The Morgan fingerprint density at radius 1 is 1.38 bits per heavy atom. The number of likely N-dealkylation sites (N-methyl/N-ethyl adjacent to an activating group) is 1. The number of aromatic nitrogens is 2. The molecule has 2 rings (SSSR count). The van der Waals surface area contributed by atoms with Crippen molar-refractivity contribution in [3.63, 3.8) is 0 Å². The predicted molar refractivity (Wildman–Crippen MR) is 102 cm³/mol. The molecule has 2 aromatic rings. The van der Waals surface area contributed by atoms with Crippen LogP contribution in [0.3, 0.4) is 0 Å². The summed E-state index contributed by atoms with van der Waals surface area (Å²) < 4.78 is 6.52. The first-order valence-electron chi connectivity index (χ1n) is 8.69. The van der Waals surface area contributed by atoms with E-state index in [2.05, 4.69) is 11.9 Å². The Morgan fingerprint density at radius 3 is 2.69 bits per heavy atom. The molecule has 0 atom stereocenters. The lowest BCUT2D eigenvalue weighted by Crippen LogP contribution is -2.34. The molecule has 8 heteroatoms. The number of unbranched alkanes of at least 4 members (excludes halogenated alkanes) is 1. The number of aryl methyl sites for hydroxylation is 1. The maximum absolute atomic E-state index is 12.8. The van der Waals surface area contributed by atoms with Crippen LogP contribution in [0.4, 0.5) is 0 Å². The maximum Gasteiger partial charge on any atom is 0.348 e. The van der Waals surface area contributed by atoms with Crippen LogP contribution in [0, 0.1) is 6.92 Å². The second-order valence-electron chi connectivity index (χ2n) is 6.54. The van der Waals surface area contributed by atoms with Gasteiger partial charge in [0.05, 0.1) is 17.8 Å². The van der Waals surface area contributed by atoms with E-state index in [4.69, 9.17) is 4.74 Å². The van der Waals surface area contributed by atoms with Gasteiger partial charge in [-0.05, 0) is 32.8 Å². The molecule has 0 radical (unpaired) electrons. The quantitative estimate of drug-likeness (QED) is 0.691. The zero-order valence-electron chi connectivity index (χ0n) is 15.9. The van der Waals surface area contributed by atoms with E-state index < -0.39 is 5.97 Å². The average molecular weight is 379 g/mol. The lowest BCUT2D eigenvalue weighted by molar-refractivity contribution is -0.130. The topological polar surface area (TPSA) is 81.5 Å². The Balaban J connectivity index is 2.33. The molecule has 0 saturated heterocycles. The van der Waals surface area contributed by atoms with E-state index in [0.717, 1.165) is 24.2 Å². The van der Waals surface area contributed by atoms with Gasteiger partial charge in [-0.3, -0.25) is 14.2 Å². The number of fused-ring (bicyclic) bond motifs is 1. The Hall–Kier alpha value is -2.22. The number of nitrogens with zero attached hydrogens (tertiary/aromatic N) is 3. The summed E-state index contributed by atoms with van der Waals surface area (Å²) in [5, 5.41) is 0.372. The van der Waals surface area contributed by atoms with E-state index in [0.29, 0.717) is 27.2 Å². The molecular formula is C18H25N3O4S. The van der Waals surface area contributed by atoms with Crippen LogP contribution in [0.2, 0.25) is 0 Å². The van der Waals surface area contributed by atoms with Crippen molar-refractivity contribution in [2.75, 3.05) is 13.6 Å². The number of carbonyl (C=O) groups excluding carboxylic acids is 2. The second kappa shape index (κ2) is 8.44. The Bertz CT molecular complexity index is 869. The zero-order valence-corrected chi connectivity index (χ0v) is 16.7. The van der Waals surface area contributed by atoms with Crippen LogP contribution in [-0.4, -0.2) is 46.0 Å². The molecule has 142 valence electrons. The number of carbonyl (C=O) groups is 2. The number of rotatable bonds is 7.